The van der Waals surface area contributed by atoms with Crippen LogP contribution < -0.4 is 20.1 Å². The van der Waals surface area contributed by atoms with Gasteiger partial charge in [0.15, 0.2) is 17.3 Å². The van der Waals surface area contributed by atoms with E-state index in [9.17, 15) is 14.4 Å². The lowest BCUT2D eigenvalue weighted by molar-refractivity contribution is -0.142. The van der Waals surface area contributed by atoms with Crippen LogP contribution in [0, 0.1) is 6.92 Å². The van der Waals surface area contributed by atoms with E-state index in [0.29, 0.717) is 29.2 Å². The van der Waals surface area contributed by atoms with Gasteiger partial charge in [0.25, 0.3) is 0 Å². The molecule has 1 atom stereocenters. The summed E-state index contributed by atoms with van der Waals surface area (Å²) in [4.78, 5) is 41.1. The van der Waals surface area contributed by atoms with Gasteiger partial charge in [-0.15, -0.1) is 0 Å². The van der Waals surface area contributed by atoms with E-state index in [1.54, 1.807) is 31.2 Å². The monoisotopic (exact) mass is 518 g/mol. The number of ether oxygens (including phenoxy) is 3. The third-order valence-electron chi connectivity index (χ3n) is 5.95. The molecule has 2 N–H and O–H groups in total. The fraction of sp³-hybridized carbons (Fsp3) is 0.538. The number of para-hydroxylation sites is 1. The third-order valence-corrected chi connectivity index (χ3v) is 5.95. The molecule has 2 aromatic rings. The summed E-state index contributed by atoms with van der Waals surface area (Å²) in [6, 6.07) is 5.69. The number of hydrogen-bond donors (Lipinski definition) is 2. The summed E-state index contributed by atoms with van der Waals surface area (Å²) in [6.45, 7) is 7.78. The Bertz CT molecular complexity index is 1070. The molecule has 0 saturated carbocycles. The van der Waals surface area contributed by atoms with Crippen molar-refractivity contribution in [2.24, 2.45) is 0 Å². The number of benzene rings is 1. The fourth-order valence-corrected chi connectivity index (χ4v) is 3.65. The summed E-state index contributed by atoms with van der Waals surface area (Å²) in [5, 5.41) is 9.37. The summed E-state index contributed by atoms with van der Waals surface area (Å²) < 4.78 is 21.2. The number of carbonyl (C=O) groups excluding carboxylic acids is 3. The van der Waals surface area contributed by atoms with E-state index in [4.69, 9.17) is 18.7 Å². The number of methoxy groups -OCH3 is 3. The quantitative estimate of drug-likeness (QED) is 0.390. The van der Waals surface area contributed by atoms with Crippen molar-refractivity contribution in [3.63, 3.8) is 0 Å². The van der Waals surface area contributed by atoms with Gasteiger partial charge in [-0.3, -0.25) is 14.4 Å². The number of anilines is 1. The van der Waals surface area contributed by atoms with Gasteiger partial charge in [0.1, 0.15) is 11.8 Å². The molecule has 1 heterocycles. The lowest BCUT2D eigenvalue weighted by atomic mass is 9.97. The van der Waals surface area contributed by atoms with Crippen LogP contribution >= 0.6 is 0 Å². The van der Waals surface area contributed by atoms with Crippen LogP contribution in [0.25, 0.3) is 0 Å². The van der Waals surface area contributed by atoms with Crippen molar-refractivity contribution < 1.29 is 33.1 Å². The molecule has 204 valence electrons. The molecule has 0 aliphatic rings. The second-order valence-electron chi connectivity index (χ2n) is 9.16. The minimum atomic E-state index is -1.06. The van der Waals surface area contributed by atoms with E-state index in [-0.39, 0.29) is 37.7 Å². The molecule has 0 bridgehead atoms. The van der Waals surface area contributed by atoms with E-state index < -0.39 is 23.4 Å². The Morgan fingerprint density at radius 3 is 2.43 bits per heavy atom. The van der Waals surface area contributed by atoms with Crippen LogP contribution in [0.5, 0.6) is 11.5 Å². The zero-order chi connectivity index (χ0) is 27.6. The van der Waals surface area contributed by atoms with Gasteiger partial charge in [0, 0.05) is 43.7 Å². The molecule has 0 fully saturated rings. The predicted molar refractivity (Wildman–Crippen MR) is 137 cm³/mol. The molecule has 0 spiro atoms. The molecule has 37 heavy (non-hydrogen) atoms. The molecule has 0 aliphatic carbocycles. The van der Waals surface area contributed by atoms with Crippen LogP contribution in [0.15, 0.2) is 28.8 Å². The van der Waals surface area contributed by atoms with Crippen molar-refractivity contribution in [2.45, 2.75) is 58.5 Å². The lowest BCUT2D eigenvalue weighted by Crippen LogP contribution is -2.51. The van der Waals surface area contributed by atoms with Gasteiger partial charge in [0.05, 0.1) is 20.8 Å². The van der Waals surface area contributed by atoms with Gasteiger partial charge in [-0.2, -0.15) is 0 Å². The van der Waals surface area contributed by atoms with Crippen LogP contribution in [-0.4, -0.2) is 67.8 Å². The van der Waals surface area contributed by atoms with Crippen molar-refractivity contribution in [3.05, 3.63) is 35.6 Å². The standard InChI is InChI=1S/C26H38N4O7/c1-8-26(3,4)28-25(33)23(18-10-9-11-19(35-6)24(18)36-7)30(14-15-34-5)22(32)13-12-21(31)27-20-16-17(2)37-29-20/h9-11,16,23H,8,12-15H2,1-7H3,(H,28,33)(H,27,29,31)/t23-/m1/s1. The van der Waals surface area contributed by atoms with Gasteiger partial charge in [-0.25, -0.2) is 0 Å². The average Bonchev–Trinajstić information content (AvgIpc) is 3.28. The van der Waals surface area contributed by atoms with Crippen LogP contribution in [0.3, 0.4) is 0 Å². The molecule has 3 amide bonds. The lowest BCUT2D eigenvalue weighted by Gasteiger charge is -2.35. The minimum Gasteiger partial charge on any atom is -0.493 e. The highest BCUT2D eigenvalue weighted by Gasteiger charge is 2.36. The maximum atomic E-state index is 13.7. The second-order valence-corrected chi connectivity index (χ2v) is 9.16. The first-order valence-electron chi connectivity index (χ1n) is 12.1. The van der Waals surface area contributed by atoms with Crippen molar-refractivity contribution in [1.82, 2.24) is 15.4 Å². The van der Waals surface area contributed by atoms with E-state index >= 15 is 0 Å². The zero-order valence-corrected chi connectivity index (χ0v) is 22.7. The number of nitrogens with zero attached hydrogens (tertiary/aromatic N) is 2. The van der Waals surface area contributed by atoms with Gasteiger partial charge < -0.3 is 34.3 Å². The normalized spacial score (nSPS) is 12.0. The molecule has 0 aliphatic heterocycles. The highest BCUT2D eigenvalue weighted by atomic mass is 16.5. The second kappa shape index (κ2) is 13.6. The topological polar surface area (TPSA) is 132 Å². The Morgan fingerprint density at radius 1 is 1.14 bits per heavy atom. The van der Waals surface area contributed by atoms with E-state index in [1.165, 1.54) is 26.2 Å². The average molecular weight is 519 g/mol. The minimum absolute atomic E-state index is 0.113. The van der Waals surface area contributed by atoms with Crippen LogP contribution in [0.2, 0.25) is 0 Å². The smallest absolute Gasteiger partial charge is 0.248 e. The van der Waals surface area contributed by atoms with E-state index in [1.807, 2.05) is 20.8 Å². The zero-order valence-electron chi connectivity index (χ0n) is 22.7. The summed E-state index contributed by atoms with van der Waals surface area (Å²) in [7, 11) is 4.49. The Balaban J connectivity index is 2.40. The largest absolute Gasteiger partial charge is 0.493 e. The molecule has 0 unspecified atom stereocenters. The third kappa shape index (κ3) is 8.21. The predicted octanol–water partition coefficient (Wildman–Crippen LogP) is 3.24. The molecule has 1 aromatic carbocycles. The summed E-state index contributed by atoms with van der Waals surface area (Å²) in [5.74, 6) is 0.399. The molecule has 1 aromatic heterocycles. The first kappa shape index (κ1) is 29.6. The van der Waals surface area contributed by atoms with Crippen molar-refractivity contribution in [1.29, 1.82) is 0 Å². The van der Waals surface area contributed by atoms with Gasteiger partial charge >= 0.3 is 0 Å². The molecule has 11 nitrogen and oxygen atoms in total. The Labute approximate surface area is 217 Å². The van der Waals surface area contributed by atoms with Crippen molar-refractivity contribution >= 4 is 23.5 Å². The van der Waals surface area contributed by atoms with Crippen molar-refractivity contribution in [2.75, 3.05) is 39.8 Å². The summed E-state index contributed by atoms with van der Waals surface area (Å²) in [5.41, 5.74) is -0.0641. The number of amides is 3. The number of carbonyl (C=O) groups is 3. The molecular formula is C26H38N4O7. The first-order valence-corrected chi connectivity index (χ1v) is 12.1. The number of aromatic nitrogens is 1. The molecule has 11 heteroatoms. The SMILES string of the molecule is CCC(C)(C)NC(=O)[C@@H](c1cccc(OC)c1OC)N(CCOC)C(=O)CCC(=O)Nc1cc(C)on1. The van der Waals surface area contributed by atoms with E-state index in [0.717, 1.165) is 0 Å². The van der Waals surface area contributed by atoms with Crippen LogP contribution in [0.1, 0.15) is 57.4 Å². The molecule has 0 saturated heterocycles. The molecular weight excluding hydrogens is 480 g/mol. The Kier molecular flexibility index (Phi) is 10.9. The maximum Gasteiger partial charge on any atom is 0.248 e. The van der Waals surface area contributed by atoms with Gasteiger partial charge in [0.2, 0.25) is 17.7 Å². The number of nitrogens with one attached hydrogen (secondary N) is 2. The summed E-state index contributed by atoms with van der Waals surface area (Å²) >= 11 is 0. The highest BCUT2D eigenvalue weighted by Crippen LogP contribution is 2.37. The molecule has 2 rings (SSSR count). The number of rotatable bonds is 14. The van der Waals surface area contributed by atoms with Crippen molar-refractivity contribution in [3.8, 4) is 11.5 Å². The number of aryl methyl sites for hydroxylation is 1. The highest BCUT2D eigenvalue weighted by molar-refractivity contribution is 5.94. The first-order chi connectivity index (χ1) is 17.6. The van der Waals surface area contributed by atoms with Gasteiger partial charge in [-0.05, 0) is 33.3 Å². The van der Waals surface area contributed by atoms with Gasteiger partial charge in [-0.1, -0.05) is 24.2 Å². The van der Waals surface area contributed by atoms with Crippen LogP contribution in [0.4, 0.5) is 5.82 Å². The fourth-order valence-electron chi connectivity index (χ4n) is 3.65. The number of hydrogen-bond acceptors (Lipinski definition) is 8. The van der Waals surface area contributed by atoms with Crippen LogP contribution in [-0.2, 0) is 19.1 Å². The maximum absolute atomic E-state index is 13.7. The Hall–Kier alpha value is -3.60. The summed E-state index contributed by atoms with van der Waals surface area (Å²) in [6.07, 6.45) is 0.423. The Morgan fingerprint density at radius 2 is 1.86 bits per heavy atom. The molecule has 0 radical (unpaired) electrons. The van der Waals surface area contributed by atoms with E-state index in [2.05, 4.69) is 15.8 Å².